The molecule has 5 heteroatoms. The molecule has 0 radical (unpaired) electrons. The highest BCUT2D eigenvalue weighted by atomic mass is 16.4. The van der Waals surface area contributed by atoms with Gasteiger partial charge in [0, 0.05) is 0 Å². The normalized spacial score (nSPS) is 14.8. The zero-order valence-corrected chi connectivity index (χ0v) is 21.5. The molecule has 5 nitrogen and oxygen atoms in total. The maximum atomic E-state index is 10.1. The fourth-order valence-electron chi connectivity index (χ4n) is 3.48. The fourth-order valence-corrected chi connectivity index (χ4v) is 3.48. The molecule has 0 saturated heterocycles. The van der Waals surface area contributed by atoms with Gasteiger partial charge in [0.15, 0.2) is 0 Å². The number of aliphatic hydroxyl groups is 3. The molecule has 3 N–H and O–H groups in total. The molecule has 33 heavy (non-hydrogen) atoms. The summed E-state index contributed by atoms with van der Waals surface area (Å²) in [4.78, 5) is 0. The van der Waals surface area contributed by atoms with Crippen molar-refractivity contribution in [3.63, 3.8) is 0 Å². The van der Waals surface area contributed by atoms with Crippen LogP contribution in [-0.2, 0) is 0 Å². The first-order valence-electron chi connectivity index (χ1n) is 11.6. The quantitative estimate of drug-likeness (QED) is 0.349. The molecule has 0 bridgehead atoms. The Bertz CT molecular complexity index is 902. The smallest absolute Gasteiger partial charge is 0.136 e. The van der Waals surface area contributed by atoms with Crippen molar-refractivity contribution in [1.82, 2.24) is 0 Å². The number of furan rings is 2. The average Bonchev–Trinajstić information content (AvgIpc) is 3.24. The summed E-state index contributed by atoms with van der Waals surface area (Å²) in [6, 6.07) is 0. The predicted molar refractivity (Wildman–Crippen MR) is 134 cm³/mol. The summed E-state index contributed by atoms with van der Waals surface area (Å²) in [5, 5.41) is 30.0. The van der Waals surface area contributed by atoms with Gasteiger partial charge >= 0.3 is 0 Å². The molecule has 2 aromatic rings. The Morgan fingerprint density at radius 3 is 1.12 bits per heavy atom. The monoisotopic (exact) mass is 458 g/mol. The first kappa shape index (κ1) is 28.7. The van der Waals surface area contributed by atoms with Crippen molar-refractivity contribution in [1.29, 1.82) is 0 Å². The SMILES string of the molecule is C/C=C/CC(O)c1oc(C(O)C/C=C/C)c(C)c1C.C/C=C/CC(O)c1oc(C)c(C)c1C. The summed E-state index contributed by atoms with van der Waals surface area (Å²) in [6.07, 6.45) is 11.3. The number of rotatable bonds is 9. The number of hydrogen-bond acceptors (Lipinski definition) is 5. The van der Waals surface area contributed by atoms with Crippen molar-refractivity contribution in [2.24, 2.45) is 0 Å². The second-order valence-electron chi connectivity index (χ2n) is 8.31. The Balaban J connectivity index is 0.000000346. The Morgan fingerprint density at radius 2 is 0.848 bits per heavy atom. The van der Waals surface area contributed by atoms with E-state index < -0.39 is 18.3 Å². The van der Waals surface area contributed by atoms with Crippen LogP contribution in [-0.4, -0.2) is 15.3 Å². The van der Waals surface area contributed by atoms with Gasteiger partial charge in [-0.1, -0.05) is 36.5 Å². The minimum Gasteiger partial charge on any atom is -0.463 e. The van der Waals surface area contributed by atoms with Crippen molar-refractivity contribution in [3.05, 3.63) is 81.8 Å². The molecule has 3 unspecified atom stereocenters. The van der Waals surface area contributed by atoms with Crippen LogP contribution in [0.1, 0.15) is 104 Å². The van der Waals surface area contributed by atoms with Crippen LogP contribution >= 0.6 is 0 Å². The van der Waals surface area contributed by atoms with Gasteiger partial charge in [-0.25, -0.2) is 0 Å². The van der Waals surface area contributed by atoms with Crippen LogP contribution in [0.25, 0.3) is 0 Å². The van der Waals surface area contributed by atoms with Gasteiger partial charge in [0.05, 0.1) is 0 Å². The van der Waals surface area contributed by atoms with E-state index in [1.165, 1.54) is 0 Å². The van der Waals surface area contributed by atoms with Gasteiger partial charge in [-0.3, -0.25) is 0 Å². The van der Waals surface area contributed by atoms with E-state index in [4.69, 9.17) is 8.83 Å². The molecule has 2 aromatic heterocycles. The molecule has 0 aromatic carbocycles. The number of aryl methyl sites for hydroxylation is 1. The van der Waals surface area contributed by atoms with Crippen LogP contribution in [0.2, 0.25) is 0 Å². The van der Waals surface area contributed by atoms with E-state index in [1.807, 2.05) is 91.8 Å². The fraction of sp³-hybridized carbons (Fsp3) is 0.500. The molecule has 2 rings (SSSR count). The van der Waals surface area contributed by atoms with Gasteiger partial charge in [-0.2, -0.15) is 0 Å². The zero-order chi connectivity index (χ0) is 25.1. The lowest BCUT2D eigenvalue weighted by molar-refractivity contribution is 0.123. The van der Waals surface area contributed by atoms with E-state index in [0.29, 0.717) is 36.5 Å². The molecule has 0 saturated carbocycles. The van der Waals surface area contributed by atoms with E-state index in [-0.39, 0.29) is 0 Å². The predicted octanol–water partition coefficient (Wildman–Crippen LogP) is 7.10. The second-order valence-corrected chi connectivity index (χ2v) is 8.31. The Kier molecular flexibility index (Phi) is 12.2. The van der Waals surface area contributed by atoms with E-state index in [9.17, 15) is 15.3 Å². The lowest BCUT2D eigenvalue weighted by Crippen LogP contribution is -1.96. The van der Waals surface area contributed by atoms with Crippen LogP contribution in [0.3, 0.4) is 0 Å². The molecule has 3 atom stereocenters. The van der Waals surface area contributed by atoms with Crippen molar-refractivity contribution >= 4 is 0 Å². The molecule has 0 spiro atoms. The summed E-state index contributed by atoms with van der Waals surface area (Å²) in [7, 11) is 0. The number of hydrogen-bond donors (Lipinski definition) is 3. The Labute approximate surface area is 199 Å². The molecular weight excluding hydrogens is 416 g/mol. The van der Waals surface area contributed by atoms with Gasteiger partial charge in [-0.05, 0) is 96.9 Å². The van der Waals surface area contributed by atoms with Crippen molar-refractivity contribution in [2.45, 2.75) is 93.0 Å². The maximum absolute atomic E-state index is 10.1. The summed E-state index contributed by atoms with van der Waals surface area (Å²) >= 11 is 0. The topological polar surface area (TPSA) is 87.0 Å². The second kappa shape index (κ2) is 14.0. The maximum Gasteiger partial charge on any atom is 0.136 e. The zero-order valence-electron chi connectivity index (χ0n) is 21.5. The Hall–Kier alpha value is -2.34. The highest BCUT2D eigenvalue weighted by Gasteiger charge is 2.23. The molecule has 0 aliphatic carbocycles. The van der Waals surface area contributed by atoms with E-state index in [1.54, 1.807) is 0 Å². The third kappa shape index (κ3) is 7.88. The standard InChI is InChI=1S/C16H24O3.C12H18O2/c1-5-7-9-13(17)15-11(3)12(4)16(19-15)14(18)10-8-6-2;1-5-6-7-11(13)12-9(3)8(2)10(4)14-12/h5-8,13-14,17-18H,9-10H2,1-4H3;5-6,11,13H,7H2,1-4H3/b7-5+,8-6+;6-5+. The molecule has 2 heterocycles. The molecule has 0 amide bonds. The van der Waals surface area contributed by atoms with Gasteiger partial charge in [-0.15, -0.1) is 0 Å². The van der Waals surface area contributed by atoms with Crippen molar-refractivity contribution < 1.29 is 24.2 Å². The summed E-state index contributed by atoms with van der Waals surface area (Å²) < 4.78 is 11.2. The van der Waals surface area contributed by atoms with Gasteiger partial charge in [0.25, 0.3) is 0 Å². The molecule has 184 valence electrons. The molecule has 0 aliphatic rings. The van der Waals surface area contributed by atoms with Crippen LogP contribution in [0.4, 0.5) is 0 Å². The average molecular weight is 459 g/mol. The van der Waals surface area contributed by atoms with Gasteiger partial charge < -0.3 is 24.2 Å². The van der Waals surface area contributed by atoms with Crippen LogP contribution in [0, 0.1) is 34.6 Å². The highest BCUT2D eigenvalue weighted by Crippen LogP contribution is 2.33. The summed E-state index contributed by atoms with van der Waals surface area (Å²) in [5.41, 5.74) is 4.05. The van der Waals surface area contributed by atoms with Crippen molar-refractivity contribution in [3.8, 4) is 0 Å². The van der Waals surface area contributed by atoms with E-state index >= 15 is 0 Å². The van der Waals surface area contributed by atoms with Gasteiger partial charge in [0.1, 0.15) is 41.4 Å². The minimum absolute atomic E-state index is 0.515. The lowest BCUT2D eigenvalue weighted by atomic mass is 10.0. The molecule has 0 fully saturated rings. The highest BCUT2D eigenvalue weighted by molar-refractivity contribution is 5.34. The lowest BCUT2D eigenvalue weighted by Gasteiger charge is -2.07. The number of aliphatic hydroxyl groups excluding tert-OH is 3. The molecule has 0 aliphatic heterocycles. The minimum atomic E-state index is -0.655. The summed E-state index contributed by atoms with van der Waals surface area (Å²) in [5.74, 6) is 2.73. The van der Waals surface area contributed by atoms with Crippen LogP contribution in [0.5, 0.6) is 0 Å². The van der Waals surface area contributed by atoms with E-state index in [0.717, 1.165) is 28.0 Å². The first-order valence-corrected chi connectivity index (χ1v) is 11.6. The largest absolute Gasteiger partial charge is 0.463 e. The van der Waals surface area contributed by atoms with Crippen molar-refractivity contribution in [2.75, 3.05) is 0 Å². The molecular formula is C28H42O5. The van der Waals surface area contributed by atoms with Crippen LogP contribution < -0.4 is 0 Å². The third-order valence-electron chi connectivity index (χ3n) is 5.94. The third-order valence-corrected chi connectivity index (χ3v) is 5.94. The van der Waals surface area contributed by atoms with Crippen LogP contribution in [0.15, 0.2) is 45.3 Å². The first-order chi connectivity index (χ1) is 15.6. The number of allylic oxidation sites excluding steroid dienone is 3. The summed E-state index contributed by atoms with van der Waals surface area (Å²) in [6.45, 7) is 15.5. The van der Waals surface area contributed by atoms with E-state index in [2.05, 4.69) is 0 Å². The Morgan fingerprint density at radius 1 is 0.545 bits per heavy atom. The van der Waals surface area contributed by atoms with Gasteiger partial charge in [0.2, 0.25) is 0 Å².